The van der Waals surface area contributed by atoms with Crippen molar-refractivity contribution >= 4 is 23.5 Å². The first-order chi connectivity index (χ1) is 13.3. The molecule has 0 bridgehead atoms. The maximum absolute atomic E-state index is 12.3. The average molecular weight is 406 g/mol. The van der Waals surface area contributed by atoms with Gasteiger partial charge in [0.25, 0.3) is 5.91 Å². The van der Waals surface area contributed by atoms with Crippen LogP contribution in [0.15, 0.2) is 42.5 Å². The number of benzene rings is 2. The largest absolute Gasteiger partial charge is 0.493 e. The van der Waals surface area contributed by atoms with Gasteiger partial charge in [0.1, 0.15) is 0 Å². The molecule has 2 aromatic rings. The van der Waals surface area contributed by atoms with E-state index < -0.39 is 18.5 Å². The lowest BCUT2D eigenvalue weighted by atomic mass is 10.1. The Kier molecular flexibility index (Phi) is 7.70. The van der Waals surface area contributed by atoms with Crippen LogP contribution >= 0.6 is 11.6 Å². The van der Waals surface area contributed by atoms with Gasteiger partial charge in [0.05, 0.1) is 29.8 Å². The van der Waals surface area contributed by atoms with E-state index in [2.05, 4.69) is 5.32 Å². The molecular formula is C21H24ClNO5. The van der Waals surface area contributed by atoms with Gasteiger partial charge in [-0.25, -0.2) is 4.79 Å². The van der Waals surface area contributed by atoms with Crippen molar-refractivity contribution in [3.05, 3.63) is 58.6 Å². The van der Waals surface area contributed by atoms with E-state index in [-0.39, 0.29) is 22.7 Å². The van der Waals surface area contributed by atoms with E-state index in [4.69, 9.17) is 25.8 Å². The van der Waals surface area contributed by atoms with Crippen molar-refractivity contribution in [1.82, 2.24) is 5.32 Å². The molecule has 150 valence electrons. The lowest BCUT2D eigenvalue weighted by Gasteiger charge is -2.16. The Hall–Kier alpha value is -2.73. The zero-order valence-corrected chi connectivity index (χ0v) is 17.1. The highest BCUT2D eigenvalue weighted by Gasteiger charge is 2.19. The Bertz CT molecular complexity index is 823. The van der Waals surface area contributed by atoms with E-state index in [1.807, 2.05) is 51.1 Å². The first-order valence-corrected chi connectivity index (χ1v) is 9.25. The van der Waals surface area contributed by atoms with Crippen LogP contribution in [0.5, 0.6) is 11.5 Å². The number of hydrogen-bond acceptors (Lipinski definition) is 5. The Morgan fingerprint density at radius 1 is 1.11 bits per heavy atom. The molecule has 0 saturated carbocycles. The van der Waals surface area contributed by atoms with Crippen LogP contribution in [-0.2, 0) is 9.53 Å². The molecule has 2 aromatic carbocycles. The fourth-order valence-electron chi connectivity index (χ4n) is 2.51. The topological polar surface area (TPSA) is 73.9 Å². The van der Waals surface area contributed by atoms with Gasteiger partial charge in [-0.05, 0) is 38.5 Å². The predicted molar refractivity (Wildman–Crippen MR) is 107 cm³/mol. The van der Waals surface area contributed by atoms with Crippen LogP contribution in [0.1, 0.15) is 42.7 Å². The van der Waals surface area contributed by atoms with Gasteiger partial charge in [-0.3, -0.25) is 4.79 Å². The van der Waals surface area contributed by atoms with E-state index in [0.29, 0.717) is 11.5 Å². The lowest BCUT2D eigenvalue weighted by molar-refractivity contribution is -0.124. The fraction of sp³-hybridized carbons (Fsp3) is 0.333. The van der Waals surface area contributed by atoms with E-state index in [1.165, 1.54) is 19.2 Å². The molecule has 0 unspecified atom stereocenters. The predicted octanol–water partition coefficient (Wildman–Crippen LogP) is 4.17. The molecule has 2 rings (SSSR count). The van der Waals surface area contributed by atoms with E-state index in [1.54, 1.807) is 0 Å². The number of ether oxygens (including phenoxy) is 3. The van der Waals surface area contributed by atoms with Crippen LogP contribution in [-0.4, -0.2) is 31.7 Å². The van der Waals surface area contributed by atoms with Crippen molar-refractivity contribution in [2.75, 3.05) is 13.7 Å². The molecule has 0 radical (unpaired) electrons. The molecule has 0 heterocycles. The monoisotopic (exact) mass is 405 g/mol. The highest BCUT2D eigenvalue weighted by Crippen LogP contribution is 2.37. The molecular weight excluding hydrogens is 382 g/mol. The molecule has 1 amide bonds. The van der Waals surface area contributed by atoms with Crippen LogP contribution in [0.25, 0.3) is 0 Å². The SMILES string of the molecule is COc1cc(C(=O)OCC(=O)N[C@H](C)c2ccccc2)cc(Cl)c1OC(C)C. The summed E-state index contributed by atoms with van der Waals surface area (Å²) >= 11 is 6.21. The maximum Gasteiger partial charge on any atom is 0.338 e. The number of carbonyl (C=O) groups excluding carboxylic acids is 2. The minimum atomic E-state index is -0.682. The Balaban J connectivity index is 1.99. The summed E-state index contributed by atoms with van der Waals surface area (Å²) in [6, 6.07) is 12.2. The Morgan fingerprint density at radius 2 is 1.79 bits per heavy atom. The van der Waals surface area contributed by atoms with Crippen molar-refractivity contribution in [3.63, 3.8) is 0 Å². The fourth-order valence-corrected chi connectivity index (χ4v) is 2.77. The Labute approximate surface area is 169 Å². The van der Waals surface area contributed by atoms with Crippen molar-refractivity contribution in [1.29, 1.82) is 0 Å². The quantitative estimate of drug-likeness (QED) is 0.667. The molecule has 0 aliphatic carbocycles. The molecule has 28 heavy (non-hydrogen) atoms. The third-order valence-corrected chi connectivity index (χ3v) is 4.11. The third-order valence-electron chi connectivity index (χ3n) is 3.83. The third kappa shape index (κ3) is 5.89. The number of methoxy groups -OCH3 is 1. The molecule has 6 nitrogen and oxygen atoms in total. The van der Waals surface area contributed by atoms with Gasteiger partial charge >= 0.3 is 5.97 Å². The minimum Gasteiger partial charge on any atom is -0.493 e. The molecule has 1 atom stereocenters. The number of amides is 1. The van der Waals surface area contributed by atoms with Gasteiger partial charge < -0.3 is 19.5 Å². The van der Waals surface area contributed by atoms with E-state index >= 15 is 0 Å². The maximum atomic E-state index is 12.3. The molecule has 1 N–H and O–H groups in total. The van der Waals surface area contributed by atoms with Crippen LogP contribution in [0.2, 0.25) is 5.02 Å². The summed E-state index contributed by atoms with van der Waals surface area (Å²) in [4.78, 5) is 24.4. The minimum absolute atomic E-state index is 0.112. The zero-order valence-electron chi connectivity index (χ0n) is 16.3. The summed E-state index contributed by atoms with van der Waals surface area (Å²) in [7, 11) is 1.45. The highest BCUT2D eigenvalue weighted by atomic mass is 35.5. The Morgan fingerprint density at radius 3 is 2.39 bits per heavy atom. The number of nitrogens with one attached hydrogen (secondary N) is 1. The van der Waals surface area contributed by atoms with Gasteiger partial charge in [0.2, 0.25) is 0 Å². The van der Waals surface area contributed by atoms with Crippen molar-refractivity contribution in [3.8, 4) is 11.5 Å². The van der Waals surface area contributed by atoms with Crippen molar-refractivity contribution < 1.29 is 23.8 Å². The van der Waals surface area contributed by atoms with Gasteiger partial charge in [-0.15, -0.1) is 0 Å². The van der Waals surface area contributed by atoms with Crippen LogP contribution in [0.4, 0.5) is 0 Å². The van der Waals surface area contributed by atoms with Crippen LogP contribution < -0.4 is 14.8 Å². The molecule has 0 aliphatic heterocycles. The number of carbonyl (C=O) groups is 2. The lowest BCUT2D eigenvalue weighted by Crippen LogP contribution is -2.31. The number of esters is 1. The first-order valence-electron chi connectivity index (χ1n) is 8.87. The second kappa shape index (κ2) is 9.99. The summed E-state index contributed by atoms with van der Waals surface area (Å²) in [5, 5.41) is 3.00. The summed E-state index contributed by atoms with van der Waals surface area (Å²) in [5.74, 6) is -0.415. The standard InChI is InChI=1S/C21H24ClNO5/c1-13(2)28-20-17(22)10-16(11-18(20)26-4)21(25)27-12-19(24)23-14(3)15-8-6-5-7-9-15/h5-11,13-14H,12H2,1-4H3,(H,23,24)/t14-/m1/s1. The second-order valence-electron chi connectivity index (χ2n) is 6.43. The van der Waals surface area contributed by atoms with E-state index in [0.717, 1.165) is 5.56 Å². The van der Waals surface area contributed by atoms with Crippen molar-refractivity contribution in [2.45, 2.75) is 32.9 Å². The number of halogens is 1. The smallest absolute Gasteiger partial charge is 0.338 e. The summed E-state index contributed by atoms with van der Waals surface area (Å²) < 4.78 is 16.0. The number of rotatable bonds is 8. The summed E-state index contributed by atoms with van der Waals surface area (Å²) in [6.07, 6.45) is -0.112. The zero-order chi connectivity index (χ0) is 20.7. The molecule has 0 saturated heterocycles. The molecule has 0 fully saturated rings. The average Bonchev–Trinajstić information content (AvgIpc) is 2.67. The summed E-state index contributed by atoms with van der Waals surface area (Å²) in [5.41, 5.74) is 1.13. The highest BCUT2D eigenvalue weighted by molar-refractivity contribution is 6.32. The molecule has 0 aromatic heterocycles. The van der Waals surface area contributed by atoms with Gasteiger partial charge in [-0.2, -0.15) is 0 Å². The molecule has 0 spiro atoms. The number of hydrogen-bond donors (Lipinski definition) is 1. The summed E-state index contributed by atoms with van der Waals surface area (Å²) in [6.45, 7) is 5.16. The second-order valence-corrected chi connectivity index (χ2v) is 6.84. The van der Waals surface area contributed by atoms with Crippen LogP contribution in [0, 0.1) is 0 Å². The van der Waals surface area contributed by atoms with E-state index in [9.17, 15) is 9.59 Å². The van der Waals surface area contributed by atoms with Gasteiger partial charge in [0.15, 0.2) is 18.1 Å². The molecule has 0 aliphatic rings. The van der Waals surface area contributed by atoms with Gasteiger partial charge in [0, 0.05) is 0 Å². The first kappa shape index (κ1) is 21.6. The molecule has 7 heteroatoms. The van der Waals surface area contributed by atoms with Crippen molar-refractivity contribution in [2.24, 2.45) is 0 Å². The van der Waals surface area contributed by atoms with Crippen LogP contribution in [0.3, 0.4) is 0 Å². The van der Waals surface area contributed by atoms with Gasteiger partial charge in [-0.1, -0.05) is 41.9 Å². The normalized spacial score (nSPS) is 11.6.